The van der Waals surface area contributed by atoms with Crippen LogP contribution in [-0.4, -0.2) is 22.3 Å². The SMILES string of the molecule is CCC(C)(C)c1ccc(OCC(=O)Nc2ccc(-n3[nH]c(-c4ccc(Cl)cc4)c(Oc4ccc(Cl)c(Br)c4)c3=O)cc2)c(C(C)(C)CC)c1. The van der Waals surface area contributed by atoms with Crippen LogP contribution in [0, 0.1) is 0 Å². The van der Waals surface area contributed by atoms with Crippen molar-refractivity contribution in [3.05, 3.63) is 121 Å². The normalized spacial score (nSPS) is 11.8. The molecular formula is C39H40BrCl2N3O4. The van der Waals surface area contributed by atoms with E-state index in [1.54, 1.807) is 66.7 Å². The fraction of sp³-hybridized carbons (Fsp3) is 0.282. The van der Waals surface area contributed by atoms with Crippen molar-refractivity contribution in [3.63, 3.8) is 0 Å². The van der Waals surface area contributed by atoms with Crippen molar-refractivity contribution < 1.29 is 14.3 Å². The van der Waals surface area contributed by atoms with E-state index < -0.39 is 5.56 Å². The number of anilines is 1. The number of amides is 1. The fourth-order valence-electron chi connectivity index (χ4n) is 5.20. The molecule has 2 N–H and O–H groups in total. The Bertz CT molecular complexity index is 2020. The molecule has 4 aromatic carbocycles. The molecule has 0 aliphatic rings. The summed E-state index contributed by atoms with van der Waals surface area (Å²) >= 11 is 15.7. The highest BCUT2D eigenvalue weighted by Gasteiger charge is 2.27. The summed E-state index contributed by atoms with van der Waals surface area (Å²) in [5, 5.41) is 7.16. The second-order valence-electron chi connectivity index (χ2n) is 13.2. The zero-order valence-corrected chi connectivity index (χ0v) is 31.5. The van der Waals surface area contributed by atoms with Crippen LogP contribution >= 0.6 is 39.1 Å². The van der Waals surface area contributed by atoms with Gasteiger partial charge in [0.05, 0.1) is 10.7 Å². The number of ether oxygens (including phenoxy) is 2. The van der Waals surface area contributed by atoms with E-state index >= 15 is 0 Å². The van der Waals surface area contributed by atoms with Gasteiger partial charge in [-0.1, -0.05) is 89.0 Å². The number of rotatable bonds is 12. The van der Waals surface area contributed by atoms with Gasteiger partial charge in [-0.2, -0.15) is 0 Å². The number of nitrogens with zero attached hydrogens (tertiary/aromatic N) is 1. The lowest BCUT2D eigenvalue weighted by atomic mass is 9.76. The number of hydrogen-bond acceptors (Lipinski definition) is 4. The van der Waals surface area contributed by atoms with E-state index in [4.69, 9.17) is 32.7 Å². The molecule has 0 saturated heterocycles. The first kappa shape index (κ1) is 36.3. The summed E-state index contributed by atoms with van der Waals surface area (Å²) in [5.41, 5.74) is 4.14. The number of halogens is 3. The van der Waals surface area contributed by atoms with Crippen molar-refractivity contribution >= 4 is 50.7 Å². The second kappa shape index (κ2) is 14.9. The number of benzene rings is 4. The Morgan fingerprint density at radius 1 is 0.878 bits per heavy atom. The van der Waals surface area contributed by atoms with Gasteiger partial charge in [0, 0.05) is 26.3 Å². The van der Waals surface area contributed by atoms with Crippen molar-refractivity contribution in [1.29, 1.82) is 0 Å². The van der Waals surface area contributed by atoms with Gasteiger partial charge in [-0.15, -0.1) is 0 Å². The molecule has 5 rings (SSSR count). The molecule has 5 aromatic rings. The van der Waals surface area contributed by atoms with Crippen LogP contribution in [0.1, 0.15) is 65.5 Å². The molecule has 1 aromatic heterocycles. The Kier molecular flexibility index (Phi) is 11.0. The number of nitrogens with one attached hydrogen (secondary N) is 2. The molecule has 0 spiro atoms. The Hall–Kier alpha value is -3.98. The van der Waals surface area contributed by atoms with Crippen LogP contribution in [0.4, 0.5) is 5.69 Å². The Balaban J connectivity index is 1.35. The third kappa shape index (κ3) is 8.26. The van der Waals surface area contributed by atoms with Gasteiger partial charge < -0.3 is 14.8 Å². The van der Waals surface area contributed by atoms with Crippen LogP contribution < -0.4 is 20.3 Å². The van der Waals surface area contributed by atoms with Crippen molar-refractivity contribution in [2.75, 3.05) is 11.9 Å². The molecule has 0 atom stereocenters. The number of hydrogen-bond donors (Lipinski definition) is 2. The summed E-state index contributed by atoms with van der Waals surface area (Å²) in [4.78, 5) is 26.7. The lowest BCUT2D eigenvalue weighted by molar-refractivity contribution is -0.118. The smallest absolute Gasteiger partial charge is 0.314 e. The maximum atomic E-state index is 13.7. The summed E-state index contributed by atoms with van der Waals surface area (Å²) in [6.45, 7) is 13.1. The topological polar surface area (TPSA) is 85.3 Å². The maximum Gasteiger partial charge on any atom is 0.314 e. The van der Waals surface area contributed by atoms with Crippen LogP contribution in [0.3, 0.4) is 0 Å². The molecule has 0 unspecified atom stereocenters. The van der Waals surface area contributed by atoms with E-state index in [2.05, 4.69) is 80.0 Å². The molecule has 1 heterocycles. The molecule has 0 aliphatic heterocycles. The monoisotopic (exact) mass is 763 g/mol. The van der Waals surface area contributed by atoms with Gasteiger partial charge in [-0.25, -0.2) is 4.68 Å². The van der Waals surface area contributed by atoms with Crippen LogP contribution in [-0.2, 0) is 15.6 Å². The average Bonchev–Trinajstić information content (AvgIpc) is 3.41. The molecule has 0 saturated carbocycles. The van der Waals surface area contributed by atoms with Gasteiger partial charge in [0.2, 0.25) is 5.75 Å². The van der Waals surface area contributed by atoms with Gasteiger partial charge >= 0.3 is 5.56 Å². The molecule has 256 valence electrons. The van der Waals surface area contributed by atoms with Crippen molar-refractivity contribution in [3.8, 4) is 34.2 Å². The summed E-state index contributed by atoms with van der Waals surface area (Å²) in [7, 11) is 0. The van der Waals surface area contributed by atoms with Gasteiger partial charge in [-0.05, 0) is 106 Å². The predicted octanol–water partition coefficient (Wildman–Crippen LogP) is 11.1. The van der Waals surface area contributed by atoms with E-state index in [0.29, 0.717) is 48.6 Å². The minimum atomic E-state index is -0.402. The molecule has 1 amide bonds. The highest BCUT2D eigenvalue weighted by molar-refractivity contribution is 9.10. The highest BCUT2D eigenvalue weighted by Crippen LogP contribution is 2.39. The zero-order chi connectivity index (χ0) is 35.5. The van der Waals surface area contributed by atoms with E-state index in [-0.39, 0.29) is 29.1 Å². The van der Waals surface area contributed by atoms with Crippen LogP contribution in [0.5, 0.6) is 17.2 Å². The predicted molar refractivity (Wildman–Crippen MR) is 203 cm³/mol. The van der Waals surface area contributed by atoms with E-state index in [1.807, 2.05) is 6.07 Å². The number of aromatic nitrogens is 2. The van der Waals surface area contributed by atoms with E-state index in [0.717, 1.165) is 18.4 Å². The van der Waals surface area contributed by atoms with E-state index in [1.165, 1.54) is 10.2 Å². The highest BCUT2D eigenvalue weighted by atomic mass is 79.9. The van der Waals surface area contributed by atoms with Crippen LogP contribution in [0.2, 0.25) is 10.0 Å². The standard InChI is InChI=1S/C39H40BrCl2N3O4/c1-7-38(3,4)25-11-20-33(30(21-25)39(5,6)8-2)48-23-34(46)43-27-14-16-28(17-15-27)45-37(47)36(49-29-18-19-32(42)31(40)22-29)35(44-45)24-9-12-26(41)13-10-24/h9-22,44H,7-8,23H2,1-6H3,(H,43,46). The summed E-state index contributed by atoms with van der Waals surface area (Å²) < 4.78 is 14.2. The first-order valence-corrected chi connectivity index (χ1v) is 17.7. The Morgan fingerprint density at radius 3 is 2.18 bits per heavy atom. The molecule has 0 fully saturated rings. The molecule has 0 radical (unpaired) electrons. The molecule has 0 bridgehead atoms. The van der Waals surface area contributed by atoms with Crippen molar-refractivity contribution in [1.82, 2.24) is 9.78 Å². The Morgan fingerprint density at radius 2 is 1.55 bits per heavy atom. The lowest BCUT2D eigenvalue weighted by Gasteiger charge is -2.30. The van der Waals surface area contributed by atoms with Crippen molar-refractivity contribution in [2.45, 2.75) is 65.2 Å². The maximum absolute atomic E-state index is 13.7. The van der Waals surface area contributed by atoms with E-state index in [9.17, 15) is 9.59 Å². The zero-order valence-electron chi connectivity index (χ0n) is 28.4. The number of H-pyrrole nitrogens is 1. The first-order chi connectivity index (χ1) is 23.2. The Labute approximate surface area is 305 Å². The quantitative estimate of drug-likeness (QED) is 0.132. The number of aromatic amines is 1. The minimum Gasteiger partial charge on any atom is -0.483 e. The summed E-state index contributed by atoms with van der Waals surface area (Å²) in [6.07, 6.45) is 1.94. The molecule has 0 aliphatic carbocycles. The molecular weight excluding hydrogens is 725 g/mol. The van der Waals surface area contributed by atoms with Gasteiger partial charge in [0.15, 0.2) is 6.61 Å². The van der Waals surface area contributed by atoms with Crippen LogP contribution in [0.25, 0.3) is 16.9 Å². The first-order valence-electron chi connectivity index (χ1n) is 16.1. The van der Waals surface area contributed by atoms with Crippen LogP contribution in [0.15, 0.2) is 94.2 Å². The van der Waals surface area contributed by atoms with Gasteiger partial charge in [0.25, 0.3) is 5.91 Å². The number of carbonyl (C=O) groups excluding carboxylic acids is 1. The summed E-state index contributed by atoms with van der Waals surface area (Å²) in [6, 6.07) is 25.4. The fourth-order valence-corrected chi connectivity index (χ4v) is 5.80. The summed E-state index contributed by atoms with van der Waals surface area (Å²) in [5.74, 6) is 0.946. The number of carbonyl (C=O) groups is 1. The lowest BCUT2D eigenvalue weighted by Crippen LogP contribution is -2.24. The minimum absolute atomic E-state index is 0.0337. The van der Waals surface area contributed by atoms with Gasteiger partial charge in [0.1, 0.15) is 17.2 Å². The van der Waals surface area contributed by atoms with Crippen molar-refractivity contribution in [2.24, 2.45) is 0 Å². The third-order valence-electron chi connectivity index (χ3n) is 9.12. The van der Waals surface area contributed by atoms with Gasteiger partial charge in [-0.3, -0.25) is 14.7 Å². The third-order valence-corrected chi connectivity index (χ3v) is 10.6. The molecule has 10 heteroatoms. The second-order valence-corrected chi connectivity index (χ2v) is 14.9. The largest absolute Gasteiger partial charge is 0.483 e. The molecule has 7 nitrogen and oxygen atoms in total. The average molecular weight is 766 g/mol. The molecule has 49 heavy (non-hydrogen) atoms.